The summed E-state index contributed by atoms with van der Waals surface area (Å²) in [5, 5.41) is 2.83. The molecule has 0 aliphatic heterocycles. The highest BCUT2D eigenvalue weighted by Crippen LogP contribution is 2.28. The topological polar surface area (TPSA) is 55.2 Å². The van der Waals surface area contributed by atoms with Crippen LogP contribution >= 0.6 is 11.3 Å². The Hall–Kier alpha value is -2.99. The number of carbonyl (C=O) groups is 1. The monoisotopic (exact) mass is 377 g/mol. The predicted octanol–water partition coefficient (Wildman–Crippen LogP) is 3.73. The minimum atomic E-state index is -0.121. The first-order valence-electron chi connectivity index (χ1n) is 8.64. The van der Waals surface area contributed by atoms with Gasteiger partial charge in [0.25, 0.3) is 11.5 Å². The summed E-state index contributed by atoms with van der Waals surface area (Å²) < 4.78 is 1.44. The molecule has 2 aromatic carbocycles. The number of benzene rings is 2. The molecule has 1 amide bonds. The summed E-state index contributed by atoms with van der Waals surface area (Å²) in [6.45, 7) is 2.32. The molecule has 4 aromatic rings. The number of nitrogens with zero attached hydrogens (tertiary/aromatic N) is 3. The van der Waals surface area contributed by atoms with Crippen LogP contribution in [0.4, 0.5) is 0 Å². The molecule has 4 rings (SSSR count). The first-order valence-corrected chi connectivity index (χ1v) is 9.46. The minimum Gasteiger partial charge on any atom is -0.337 e. The molecule has 0 bridgehead atoms. The van der Waals surface area contributed by atoms with E-state index in [4.69, 9.17) is 0 Å². The molecule has 0 aliphatic carbocycles. The first kappa shape index (κ1) is 17.4. The van der Waals surface area contributed by atoms with Gasteiger partial charge in [0.05, 0.1) is 16.6 Å². The predicted molar refractivity (Wildman–Crippen MR) is 109 cm³/mol. The van der Waals surface area contributed by atoms with Crippen molar-refractivity contribution in [1.82, 2.24) is 14.5 Å². The van der Waals surface area contributed by atoms with Gasteiger partial charge in [-0.2, -0.15) is 0 Å². The van der Waals surface area contributed by atoms with Crippen molar-refractivity contribution < 1.29 is 4.79 Å². The summed E-state index contributed by atoms with van der Waals surface area (Å²) in [5.41, 5.74) is 1.68. The largest absolute Gasteiger partial charge is 0.337 e. The van der Waals surface area contributed by atoms with Crippen molar-refractivity contribution in [1.29, 1.82) is 0 Å². The molecule has 0 fully saturated rings. The molecule has 0 saturated carbocycles. The molecule has 5 nitrogen and oxygen atoms in total. The van der Waals surface area contributed by atoms with E-state index in [1.807, 2.05) is 31.2 Å². The van der Waals surface area contributed by atoms with Crippen LogP contribution in [0.1, 0.15) is 20.8 Å². The maximum atomic E-state index is 13.1. The zero-order chi connectivity index (χ0) is 19.1. The van der Waals surface area contributed by atoms with E-state index in [0.717, 1.165) is 16.3 Å². The van der Waals surface area contributed by atoms with Crippen molar-refractivity contribution in [2.45, 2.75) is 13.5 Å². The van der Waals surface area contributed by atoms with E-state index in [9.17, 15) is 9.59 Å². The summed E-state index contributed by atoms with van der Waals surface area (Å²) in [6, 6.07) is 14.3. The summed E-state index contributed by atoms with van der Waals surface area (Å²) in [5.74, 6) is -0.0921. The van der Waals surface area contributed by atoms with E-state index in [2.05, 4.69) is 23.2 Å². The summed E-state index contributed by atoms with van der Waals surface area (Å²) in [4.78, 5) is 32.6. The van der Waals surface area contributed by atoms with Gasteiger partial charge in [-0.25, -0.2) is 4.98 Å². The molecule has 2 aromatic heterocycles. The Labute approximate surface area is 160 Å². The smallest absolute Gasteiger partial charge is 0.264 e. The number of hydrogen-bond acceptors (Lipinski definition) is 4. The van der Waals surface area contributed by atoms with Gasteiger partial charge in [-0.15, -0.1) is 11.3 Å². The number of aryl methyl sites for hydroxylation is 2. The van der Waals surface area contributed by atoms with Gasteiger partial charge in [0.1, 0.15) is 4.83 Å². The van der Waals surface area contributed by atoms with Crippen molar-refractivity contribution in [2.24, 2.45) is 7.05 Å². The van der Waals surface area contributed by atoms with Crippen LogP contribution in [-0.2, 0) is 13.6 Å². The van der Waals surface area contributed by atoms with Crippen LogP contribution in [0.25, 0.3) is 21.0 Å². The molecule has 0 radical (unpaired) electrons. The van der Waals surface area contributed by atoms with Crippen molar-refractivity contribution in [3.8, 4) is 0 Å². The van der Waals surface area contributed by atoms with Crippen LogP contribution in [0.3, 0.4) is 0 Å². The highest BCUT2D eigenvalue weighted by atomic mass is 32.1. The molecule has 0 N–H and O–H groups in total. The summed E-state index contributed by atoms with van der Waals surface area (Å²) in [6.07, 6.45) is 1.49. The lowest BCUT2D eigenvalue weighted by molar-refractivity contribution is 0.0790. The van der Waals surface area contributed by atoms with Crippen LogP contribution in [0, 0.1) is 6.92 Å². The second kappa shape index (κ2) is 6.63. The fraction of sp³-hybridized carbons (Fsp3) is 0.190. The zero-order valence-electron chi connectivity index (χ0n) is 15.4. The second-order valence-corrected chi connectivity index (χ2v) is 7.70. The Kier molecular flexibility index (Phi) is 4.28. The van der Waals surface area contributed by atoms with E-state index in [0.29, 0.717) is 27.2 Å². The minimum absolute atomic E-state index is 0.0921. The molecule has 27 heavy (non-hydrogen) atoms. The molecule has 0 unspecified atom stereocenters. The normalized spacial score (nSPS) is 11.2. The van der Waals surface area contributed by atoms with Gasteiger partial charge in [-0.1, -0.05) is 42.5 Å². The number of aromatic nitrogens is 2. The Balaban J connectivity index is 1.70. The Bertz CT molecular complexity index is 1230. The van der Waals surface area contributed by atoms with Gasteiger partial charge in [-0.3, -0.25) is 9.59 Å². The van der Waals surface area contributed by atoms with Gasteiger partial charge in [0.15, 0.2) is 0 Å². The van der Waals surface area contributed by atoms with Crippen LogP contribution in [0.5, 0.6) is 0 Å². The third-order valence-corrected chi connectivity index (χ3v) is 6.03. The fourth-order valence-electron chi connectivity index (χ4n) is 3.34. The van der Waals surface area contributed by atoms with E-state index in [1.165, 1.54) is 22.2 Å². The first-order chi connectivity index (χ1) is 13.0. The summed E-state index contributed by atoms with van der Waals surface area (Å²) in [7, 11) is 3.46. The molecule has 6 heteroatoms. The molecule has 0 spiro atoms. The number of carbonyl (C=O) groups excluding carboxylic acids is 1. The molecule has 0 atom stereocenters. The van der Waals surface area contributed by atoms with Crippen LogP contribution in [0.2, 0.25) is 0 Å². The van der Waals surface area contributed by atoms with Gasteiger partial charge in [0, 0.05) is 20.6 Å². The molecule has 0 saturated heterocycles. The molecule has 2 heterocycles. The number of rotatable bonds is 3. The van der Waals surface area contributed by atoms with Crippen molar-refractivity contribution in [3.05, 3.63) is 75.1 Å². The quantitative estimate of drug-likeness (QED) is 0.547. The zero-order valence-corrected chi connectivity index (χ0v) is 16.2. The lowest BCUT2D eigenvalue weighted by atomic mass is 10.0. The molecular weight excluding hydrogens is 358 g/mol. The average Bonchev–Trinajstić information content (AvgIpc) is 3.01. The van der Waals surface area contributed by atoms with Gasteiger partial charge in [-0.05, 0) is 28.8 Å². The van der Waals surface area contributed by atoms with Gasteiger partial charge >= 0.3 is 0 Å². The highest BCUT2D eigenvalue weighted by Gasteiger charge is 2.22. The molecule has 136 valence electrons. The maximum Gasteiger partial charge on any atom is 0.264 e. The molecular formula is C21H19N3O2S. The third-order valence-electron chi connectivity index (χ3n) is 4.84. The Morgan fingerprint density at radius 2 is 1.93 bits per heavy atom. The average molecular weight is 377 g/mol. The second-order valence-electron chi connectivity index (χ2n) is 6.70. The number of thiophene rings is 1. The third kappa shape index (κ3) is 2.92. The molecule has 0 aliphatic rings. The van der Waals surface area contributed by atoms with Crippen LogP contribution in [-0.4, -0.2) is 27.4 Å². The van der Waals surface area contributed by atoms with Crippen LogP contribution in [0.15, 0.2) is 53.6 Å². The van der Waals surface area contributed by atoms with Crippen molar-refractivity contribution in [2.75, 3.05) is 7.05 Å². The van der Waals surface area contributed by atoms with E-state index < -0.39 is 0 Å². The van der Waals surface area contributed by atoms with E-state index >= 15 is 0 Å². The Morgan fingerprint density at radius 3 is 2.74 bits per heavy atom. The van der Waals surface area contributed by atoms with E-state index in [-0.39, 0.29) is 11.5 Å². The lowest BCUT2D eigenvalue weighted by Gasteiger charge is -2.18. The van der Waals surface area contributed by atoms with Gasteiger partial charge < -0.3 is 9.47 Å². The van der Waals surface area contributed by atoms with E-state index in [1.54, 1.807) is 19.0 Å². The Morgan fingerprint density at radius 1 is 1.19 bits per heavy atom. The summed E-state index contributed by atoms with van der Waals surface area (Å²) >= 11 is 1.28. The number of amides is 1. The lowest BCUT2D eigenvalue weighted by Crippen LogP contribution is -2.26. The van der Waals surface area contributed by atoms with Crippen molar-refractivity contribution >= 4 is 38.2 Å². The van der Waals surface area contributed by atoms with Gasteiger partial charge in [0.2, 0.25) is 0 Å². The van der Waals surface area contributed by atoms with Crippen LogP contribution < -0.4 is 5.56 Å². The highest BCUT2D eigenvalue weighted by molar-refractivity contribution is 7.20. The SMILES string of the molecule is Cc1c(C(=O)N(C)Cc2cccc3ccccc23)sc2ncn(C)c(=O)c12. The number of fused-ring (bicyclic) bond motifs is 2. The number of hydrogen-bond donors (Lipinski definition) is 0. The van der Waals surface area contributed by atoms with Crippen molar-refractivity contribution in [3.63, 3.8) is 0 Å². The fourth-order valence-corrected chi connectivity index (χ4v) is 4.48. The maximum absolute atomic E-state index is 13.1. The standard InChI is InChI=1S/C21H19N3O2S/c1-13-17-19(22-12-24(3)20(17)25)27-18(13)21(26)23(2)11-15-9-6-8-14-7-4-5-10-16(14)15/h4-10,12H,11H2,1-3H3.